The molecule has 0 unspecified atom stereocenters. The molecule has 1 aliphatic carbocycles. The molecule has 0 radical (unpaired) electrons. The van der Waals surface area contributed by atoms with Crippen molar-refractivity contribution in [1.29, 1.82) is 0 Å². The minimum absolute atomic E-state index is 0.200. The maximum atomic E-state index is 13.5. The second-order valence-corrected chi connectivity index (χ2v) is 8.09. The molecule has 1 N–H and O–H groups in total. The molecule has 32 heavy (non-hydrogen) atoms. The van der Waals surface area contributed by atoms with Gasteiger partial charge in [0.15, 0.2) is 0 Å². The van der Waals surface area contributed by atoms with Crippen molar-refractivity contribution in [2.75, 3.05) is 11.9 Å². The Kier molecular flexibility index (Phi) is 6.21. The fraction of sp³-hybridized carbons (Fsp3) is 0.269. The predicted molar refractivity (Wildman–Crippen MR) is 118 cm³/mol. The van der Waals surface area contributed by atoms with E-state index in [1.54, 1.807) is 25.1 Å². The van der Waals surface area contributed by atoms with E-state index in [0.717, 1.165) is 36.5 Å². The molecule has 1 amide bonds. The molecule has 1 fully saturated rings. The van der Waals surface area contributed by atoms with Gasteiger partial charge in [0.05, 0.1) is 17.9 Å². The Bertz CT molecular complexity index is 1110. The average molecular weight is 439 g/mol. The number of alkyl halides is 3. The van der Waals surface area contributed by atoms with E-state index in [9.17, 15) is 18.0 Å². The Morgan fingerprint density at radius 2 is 1.78 bits per heavy atom. The first-order valence-electron chi connectivity index (χ1n) is 10.6. The molecule has 3 aromatic rings. The van der Waals surface area contributed by atoms with Gasteiger partial charge in [-0.1, -0.05) is 36.4 Å². The van der Waals surface area contributed by atoms with Gasteiger partial charge in [0, 0.05) is 12.0 Å². The van der Waals surface area contributed by atoms with Crippen molar-refractivity contribution in [1.82, 2.24) is 0 Å². The Morgan fingerprint density at radius 1 is 1.03 bits per heavy atom. The number of ether oxygens (including phenoxy) is 1. The van der Waals surface area contributed by atoms with Gasteiger partial charge < -0.3 is 10.1 Å². The van der Waals surface area contributed by atoms with Crippen molar-refractivity contribution in [2.24, 2.45) is 0 Å². The topological polar surface area (TPSA) is 38.3 Å². The standard InChI is InChI=1S/C26H24F3NO2/c1-17-15-21(32-14-13-18-5-3-2-4-6-18)10-11-22(17)25(31)30-24-16-20(19-7-8-19)9-12-23(24)26(27,28)29/h2-6,9-12,15-16,19H,7-8,13-14H2,1H3,(H,30,31). The Labute approximate surface area is 185 Å². The van der Waals surface area contributed by atoms with Crippen molar-refractivity contribution in [2.45, 2.75) is 38.3 Å². The highest BCUT2D eigenvalue weighted by Crippen LogP contribution is 2.43. The monoisotopic (exact) mass is 439 g/mol. The van der Waals surface area contributed by atoms with Crippen LogP contribution in [-0.4, -0.2) is 12.5 Å². The number of hydrogen-bond donors (Lipinski definition) is 1. The number of hydrogen-bond acceptors (Lipinski definition) is 2. The van der Waals surface area contributed by atoms with Gasteiger partial charge in [-0.15, -0.1) is 0 Å². The molecule has 0 aliphatic heterocycles. The molecule has 0 bridgehead atoms. The smallest absolute Gasteiger partial charge is 0.418 e. The summed E-state index contributed by atoms with van der Waals surface area (Å²) in [5.74, 6) is 0.320. The highest BCUT2D eigenvalue weighted by Gasteiger charge is 2.35. The van der Waals surface area contributed by atoms with Crippen LogP contribution in [0.15, 0.2) is 66.7 Å². The molecular formula is C26H24F3NO2. The summed E-state index contributed by atoms with van der Waals surface area (Å²) < 4.78 is 46.1. The van der Waals surface area contributed by atoms with Crippen molar-refractivity contribution >= 4 is 11.6 Å². The maximum Gasteiger partial charge on any atom is 0.418 e. The summed E-state index contributed by atoms with van der Waals surface area (Å²) in [7, 11) is 0. The molecule has 0 heterocycles. The van der Waals surface area contributed by atoms with Crippen LogP contribution in [0.1, 0.15) is 51.4 Å². The lowest BCUT2D eigenvalue weighted by molar-refractivity contribution is -0.136. The van der Waals surface area contributed by atoms with E-state index >= 15 is 0 Å². The summed E-state index contributed by atoms with van der Waals surface area (Å²) >= 11 is 0. The quantitative estimate of drug-likeness (QED) is 0.441. The van der Waals surface area contributed by atoms with Gasteiger partial charge in [0.1, 0.15) is 5.75 Å². The van der Waals surface area contributed by atoms with Crippen LogP contribution in [0.25, 0.3) is 0 Å². The van der Waals surface area contributed by atoms with Crippen molar-refractivity contribution in [3.05, 3.63) is 94.5 Å². The van der Waals surface area contributed by atoms with Crippen LogP contribution < -0.4 is 10.1 Å². The Hall–Kier alpha value is -3.28. The fourth-order valence-electron chi connectivity index (χ4n) is 3.68. The number of amides is 1. The van der Waals surface area contributed by atoms with Crippen LogP contribution in [0, 0.1) is 6.92 Å². The first-order valence-corrected chi connectivity index (χ1v) is 10.6. The molecule has 0 aromatic heterocycles. The van der Waals surface area contributed by atoms with Gasteiger partial charge in [-0.05, 0) is 72.7 Å². The minimum atomic E-state index is -4.55. The number of aryl methyl sites for hydroxylation is 1. The van der Waals surface area contributed by atoms with Crippen LogP contribution in [0.2, 0.25) is 0 Å². The second kappa shape index (κ2) is 9.07. The molecule has 1 saturated carbocycles. The van der Waals surface area contributed by atoms with Crippen molar-refractivity contribution in [3.8, 4) is 5.75 Å². The summed E-state index contributed by atoms with van der Waals surface area (Å²) in [6.45, 7) is 2.22. The molecule has 166 valence electrons. The van der Waals surface area contributed by atoms with Gasteiger partial charge in [-0.25, -0.2) is 0 Å². The van der Waals surface area contributed by atoms with Crippen LogP contribution >= 0.6 is 0 Å². The van der Waals surface area contributed by atoms with E-state index in [1.165, 1.54) is 12.1 Å². The molecule has 0 saturated heterocycles. The van der Waals surface area contributed by atoms with E-state index in [2.05, 4.69) is 5.32 Å². The number of nitrogens with one attached hydrogen (secondary N) is 1. The predicted octanol–water partition coefficient (Wildman–Crippen LogP) is 6.77. The van der Waals surface area contributed by atoms with Crippen LogP contribution in [0.5, 0.6) is 5.75 Å². The lowest BCUT2D eigenvalue weighted by Crippen LogP contribution is -2.18. The number of benzene rings is 3. The Morgan fingerprint density at radius 3 is 2.44 bits per heavy atom. The number of halogens is 3. The van der Waals surface area contributed by atoms with Gasteiger partial charge in [-0.3, -0.25) is 4.79 Å². The molecule has 0 spiro atoms. The maximum absolute atomic E-state index is 13.5. The first kappa shape index (κ1) is 21.9. The third kappa shape index (κ3) is 5.31. The molecule has 1 aliphatic rings. The number of carbonyl (C=O) groups is 1. The normalized spacial score (nSPS) is 13.6. The average Bonchev–Trinajstić information content (AvgIpc) is 3.59. The number of carbonyl (C=O) groups excluding carboxylic acids is 1. The lowest BCUT2D eigenvalue weighted by Gasteiger charge is -2.16. The van der Waals surface area contributed by atoms with Gasteiger partial charge >= 0.3 is 6.18 Å². The summed E-state index contributed by atoms with van der Waals surface area (Å²) in [5.41, 5.74) is 1.89. The zero-order chi connectivity index (χ0) is 22.7. The molecular weight excluding hydrogens is 415 g/mol. The van der Waals surface area contributed by atoms with Crippen LogP contribution in [0.3, 0.4) is 0 Å². The Balaban J connectivity index is 1.46. The second-order valence-electron chi connectivity index (χ2n) is 8.09. The molecule has 3 aromatic carbocycles. The van der Waals surface area contributed by atoms with E-state index < -0.39 is 17.6 Å². The minimum Gasteiger partial charge on any atom is -0.493 e. The third-order valence-corrected chi connectivity index (χ3v) is 5.59. The summed E-state index contributed by atoms with van der Waals surface area (Å²) in [6, 6.07) is 18.9. The van der Waals surface area contributed by atoms with E-state index in [-0.39, 0.29) is 11.6 Å². The summed E-state index contributed by atoms with van der Waals surface area (Å²) in [6.07, 6.45) is -1.87. The highest BCUT2D eigenvalue weighted by atomic mass is 19.4. The zero-order valence-corrected chi connectivity index (χ0v) is 17.7. The molecule has 3 nitrogen and oxygen atoms in total. The van der Waals surface area contributed by atoms with Crippen LogP contribution in [0.4, 0.5) is 18.9 Å². The zero-order valence-electron chi connectivity index (χ0n) is 17.7. The van der Waals surface area contributed by atoms with Crippen molar-refractivity contribution in [3.63, 3.8) is 0 Å². The van der Waals surface area contributed by atoms with Gasteiger partial charge in [0.2, 0.25) is 0 Å². The first-order chi connectivity index (χ1) is 15.3. The summed E-state index contributed by atoms with van der Waals surface area (Å²) in [4.78, 5) is 12.8. The SMILES string of the molecule is Cc1cc(OCCc2ccccc2)ccc1C(=O)Nc1cc(C2CC2)ccc1C(F)(F)F. The van der Waals surface area contributed by atoms with Crippen LogP contribution in [-0.2, 0) is 12.6 Å². The van der Waals surface area contributed by atoms with E-state index in [4.69, 9.17) is 4.74 Å². The lowest BCUT2D eigenvalue weighted by atomic mass is 10.0. The van der Waals surface area contributed by atoms with Gasteiger partial charge in [0.25, 0.3) is 5.91 Å². The van der Waals surface area contributed by atoms with Crippen molar-refractivity contribution < 1.29 is 22.7 Å². The molecule has 6 heteroatoms. The summed E-state index contributed by atoms with van der Waals surface area (Å²) in [5, 5.41) is 2.48. The fourth-order valence-corrected chi connectivity index (χ4v) is 3.68. The van der Waals surface area contributed by atoms with Gasteiger partial charge in [-0.2, -0.15) is 13.2 Å². The van der Waals surface area contributed by atoms with E-state index in [1.807, 2.05) is 30.3 Å². The third-order valence-electron chi connectivity index (χ3n) is 5.59. The number of anilines is 1. The largest absolute Gasteiger partial charge is 0.493 e. The molecule has 0 atom stereocenters. The number of rotatable bonds is 7. The molecule has 4 rings (SSSR count). The highest BCUT2D eigenvalue weighted by molar-refractivity contribution is 6.05. The van der Waals surface area contributed by atoms with E-state index in [0.29, 0.717) is 23.5 Å².